The molecule has 15 heteroatoms. The molecule has 2 aliphatic heterocycles. The maximum absolute atomic E-state index is 14.6. The molecule has 1 fully saturated rings. The average molecular weight is 628 g/mol. The van der Waals surface area contributed by atoms with Gasteiger partial charge in [0.2, 0.25) is 5.91 Å². The number of hydrogen-bond acceptors (Lipinski definition) is 10. The molecule has 228 valence electrons. The number of anilines is 1. The molecule has 1 saturated carbocycles. The first-order chi connectivity index (χ1) is 20.8. The van der Waals surface area contributed by atoms with Gasteiger partial charge in [-0.25, -0.2) is 14.4 Å². The molecular weight excluding hydrogens is 603 g/mol. The number of alkyl halides is 2. The van der Waals surface area contributed by atoms with Crippen LogP contribution in [0.5, 0.6) is 17.2 Å². The van der Waals surface area contributed by atoms with Crippen LogP contribution in [0, 0.1) is 11.7 Å². The summed E-state index contributed by atoms with van der Waals surface area (Å²) in [4.78, 5) is 34.4. The van der Waals surface area contributed by atoms with Crippen molar-refractivity contribution in [3.05, 3.63) is 59.0 Å². The van der Waals surface area contributed by atoms with Crippen molar-refractivity contribution in [3.63, 3.8) is 0 Å². The normalized spacial score (nSPS) is 21.0. The lowest BCUT2D eigenvalue weighted by Gasteiger charge is -2.30. The average Bonchev–Trinajstić information content (AvgIpc) is 3.57. The number of ether oxygens (including phenoxy) is 3. The number of nitrogen functional groups attached to an aromatic ring is 1. The summed E-state index contributed by atoms with van der Waals surface area (Å²) in [5, 5.41) is 14.9. The molecule has 11 nitrogen and oxygen atoms in total. The van der Waals surface area contributed by atoms with Crippen LogP contribution >= 0.6 is 11.3 Å². The van der Waals surface area contributed by atoms with Gasteiger partial charge < -0.3 is 36.1 Å². The summed E-state index contributed by atoms with van der Waals surface area (Å²) in [6.07, 6.45) is -2.61. The number of aliphatic hydroxyl groups is 1. The van der Waals surface area contributed by atoms with Gasteiger partial charge in [0.05, 0.1) is 16.9 Å². The maximum atomic E-state index is 14.6. The van der Waals surface area contributed by atoms with E-state index < -0.39 is 34.9 Å². The molecule has 2 atom stereocenters. The van der Waals surface area contributed by atoms with E-state index in [1.54, 1.807) is 6.92 Å². The number of amides is 2. The second kappa shape index (κ2) is 9.43. The molecule has 1 unspecified atom stereocenters. The molecule has 0 radical (unpaired) electrons. The Bertz CT molecular complexity index is 1900. The van der Waals surface area contributed by atoms with Crippen molar-refractivity contribution in [2.75, 3.05) is 18.9 Å². The van der Waals surface area contributed by atoms with Crippen LogP contribution < -0.4 is 31.0 Å². The summed E-state index contributed by atoms with van der Waals surface area (Å²) in [6.45, 7) is 1.16. The van der Waals surface area contributed by atoms with Gasteiger partial charge in [0, 0.05) is 16.7 Å². The van der Waals surface area contributed by atoms with Gasteiger partial charge in [-0.05, 0) is 62.1 Å². The van der Waals surface area contributed by atoms with E-state index in [1.165, 1.54) is 30.3 Å². The van der Waals surface area contributed by atoms with Crippen molar-refractivity contribution in [2.24, 2.45) is 11.7 Å². The smallest absolute Gasteiger partial charge is 0.489 e. The fourth-order valence-electron chi connectivity index (χ4n) is 5.56. The van der Waals surface area contributed by atoms with E-state index in [1.807, 2.05) is 0 Å². The molecule has 0 spiro atoms. The Morgan fingerprint density at radius 3 is 2.64 bits per heavy atom. The summed E-state index contributed by atoms with van der Waals surface area (Å²) in [5.41, 5.74) is 9.35. The zero-order chi connectivity index (χ0) is 31.2. The van der Waals surface area contributed by atoms with E-state index in [4.69, 9.17) is 21.2 Å². The number of fused-ring (bicyclic) bond motifs is 3. The van der Waals surface area contributed by atoms with Gasteiger partial charge >= 0.3 is 6.29 Å². The first kappa shape index (κ1) is 28.2. The lowest BCUT2D eigenvalue weighted by atomic mass is 9.81. The van der Waals surface area contributed by atoms with E-state index >= 15 is 0 Å². The zero-order valence-corrected chi connectivity index (χ0v) is 23.8. The molecule has 4 aromatic rings. The predicted molar refractivity (Wildman–Crippen MR) is 151 cm³/mol. The monoisotopic (exact) mass is 627 g/mol. The molecular formula is C29H24F3N5O6S. The topological polar surface area (TPSA) is 172 Å². The number of nitrogens with zero attached hydrogens (tertiary/aromatic N) is 2. The Labute approximate surface area is 250 Å². The Morgan fingerprint density at radius 2 is 1.91 bits per heavy atom. The Hall–Kier alpha value is -4.63. The van der Waals surface area contributed by atoms with Crippen molar-refractivity contribution in [1.82, 2.24) is 15.3 Å². The third-order valence-corrected chi connectivity index (χ3v) is 9.06. The van der Waals surface area contributed by atoms with Gasteiger partial charge in [-0.2, -0.15) is 0 Å². The number of benzene rings is 2. The number of aromatic nitrogens is 2. The van der Waals surface area contributed by atoms with Crippen LogP contribution in [0.2, 0.25) is 0 Å². The fraction of sp³-hybridized carbons (Fsp3) is 0.310. The van der Waals surface area contributed by atoms with E-state index in [9.17, 15) is 27.9 Å². The first-order valence-corrected chi connectivity index (χ1v) is 14.3. The van der Waals surface area contributed by atoms with Crippen LogP contribution in [0.4, 0.5) is 18.3 Å². The van der Waals surface area contributed by atoms with Crippen LogP contribution in [0.3, 0.4) is 0 Å². The number of hydrogen-bond donors (Lipinski definition) is 4. The van der Waals surface area contributed by atoms with Crippen LogP contribution in [0.25, 0.3) is 21.5 Å². The zero-order valence-electron chi connectivity index (χ0n) is 22.9. The van der Waals surface area contributed by atoms with Gasteiger partial charge in [-0.15, -0.1) is 8.78 Å². The minimum atomic E-state index is -3.84. The van der Waals surface area contributed by atoms with Gasteiger partial charge in [0.1, 0.15) is 34.6 Å². The van der Waals surface area contributed by atoms with Gasteiger partial charge in [0.15, 0.2) is 22.4 Å². The second-order valence-electron chi connectivity index (χ2n) is 11.3. The van der Waals surface area contributed by atoms with Gasteiger partial charge in [-0.1, -0.05) is 11.3 Å². The minimum absolute atomic E-state index is 0.00580. The van der Waals surface area contributed by atoms with Crippen molar-refractivity contribution >= 4 is 38.5 Å². The summed E-state index contributed by atoms with van der Waals surface area (Å²) in [6, 6.07) is 8.07. The highest BCUT2D eigenvalue weighted by Crippen LogP contribution is 2.51. The van der Waals surface area contributed by atoms with Gasteiger partial charge in [0.25, 0.3) is 5.91 Å². The predicted octanol–water partition coefficient (Wildman–Crippen LogP) is 3.56. The third kappa shape index (κ3) is 4.45. The molecule has 6 N–H and O–H groups in total. The Morgan fingerprint density at radius 1 is 1.16 bits per heavy atom. The number of nitrogens with one attached hydrogen (secondary N) is 1. The number of pyridine rings is 1. The van der Waals surface area contributed by atoms with E-state index in [0.29, 0.717) is 23.1 Å². The molecule has 2 aromatic heterocycles. The highest BCUT2D eigenvalue weighted by atomic mass is 32.1. The van der Waals surface area contributed by atoms with E-state index in [-0.39, 0.29) is 69.5 Å². The number of thiazole rings is 1. The SMILES string of the molecule is C[C@]1(C(N)=O)COc2c1cc(C(O)(CNC(=O)c1cc(F)c3nc(N)sc3c1)C1CC1)nc2-c1ccc2c(c1)OC(F)(F)O2. The summed E-state index contributed by atoms with van der Waals surface area (Å²) >= 11 is 1.03. The molecule has 3 aliphatic rings. The number of halogens is 3. The maximum Gasteiger partial charge on any atom is 0.586 e. The van der Waals surface area contributed by atoms with Crippen LogP contribution in [0.15, 0.2) is 36.4 Å². The van der Waals surface area contributed by atoms with E-state index in [0.717, 1.165) is 17.4 Å². The lowest BCUT2D eigenvalue weighted by Crippen LogP contribution is -2.44. The van der Waals surface area contributed by atoms with Crippen LogP contribution in [-0.2, 0) is 15.8 Å². The van der Waals surface area contributed by atoms with Crippen molar-refractivity contribution < 1.29 is 42.1 Å². The molecule has 7 rings (SSSR count). The largest absolute Gasteiger partial charge is 0.586 e. The minimum Gasteiger partial charge on any atom is -0.489 e. The molecule has 2 amide bonds. The quantitative estimate of drug-likeness (QED) is 0.239. The molecule has 4 heterocycles. The molecule has 44 heavy (non-hydrogen) atoms. The van der Waals surface area contributed by atoms with Gasteiger partial charge in [-0.3, -0.25) is 9.59 Å². The van der Waals surface area contributed by atoms with Crippen molar-refractivity contribution in [2.45, 2.75) is 37.1 Å². The standard InChI is InChI=1S/C29H24F3N5O6S/c1-27(25(33)39)11-41-23-15(27)9-20(36-21(23)12-2-5-17-18(7-12)43-29(31,32)42-17)28(40,14-3-4-14)10-35-24(38)13-6-16(30)22-19(8-13)44-26(34)37-22/h2,5-9,14,40H,3-4,10-11H2,1H3,(H2,33,39)(H2,34,37)(H,35,38)/t27-,28?/m0/s1. The van der Waals surface area contributed by atoms with E-state index in [2.05, 4.69) is 19.8 Å². The summed E-state index contributed by atoms with van der Waals surface area (Å²) in [5.74, 6) is -2.60. The molecule has 1 aliphatic carbocycles. The Kier molecular flexibility index (Phi) is 6.04. The second-order valence-corrected chi connectivity index (χ2v) is 12.3. The number of nitrogens with two attached hydrogens (primary N) is 2. The first-order valence-electron chi connectivity index (χ1n) is 13.5. The van der Waals surface area contributed by atoms with Crippen LogP contribution in [-0.4, -0.2) is 46.3 Å². The molecule has 0 saturated heterocycles. The highest BCUT2D eigenvalue weighted by molar-refractivity contribution is 7.22. The molecule has 2 aromatic carbocycles. The van der Waals surface area contributed by atoms with Crippen LogP contribution in [0.1, 0.15) is 41.4 Å². The number of primary amides is 1. The number of carbonyl (C=O) groups excluding carboxylic acids is 2. The summed E-state index contributed by atoms with van der Waals surface area (Å²) < 4.78 is 57.5. The summed E-state index contributed by atoms with van der Waals surface area (Å²) in [7, 11) is 0. The third-order valence-electron chi connectivity index (χ3n) is 8.23. The van der Waals surface area contributed by atoms with Crippen molar-refractivity contribution in [3.8, 4) is 28.5 Å². The fourth-order valence-corrected chi connectivity index (χ4v) is 6.35. The number of carbonyl (C=O) groups is 2. The van der Waals surface area contributed by atoms with Crippen molar-refractivity contribution in [1.29, 1.82) is 0 Å². The lowest BCUT2D eigenvalue weighted by molar-refractivity contribution is -0.286. The Balaban J connectivity index is 1.28. The number of rotatable bonds is 7. The molecule has 0 bridgehead atoms. The highest BCUT2D eigenvalue weighted by Gasteiger charge is 2.50.